The highest BCUT2D eigenvalue weighted by Gasteiger charge is 2.30. The highest BCUT2D eigenvalue weighted by molar-refractivity contribution is 9.11. The van der Waals surface area contributed by atoms with E-state index < -0.39 is 22.2 Å². The molecule has 0 aliphatic heterocycles. The molecule has 0 aliphatic carbocycles. The number of rotatable bonds is 7. The Hall–Kier alpha value is -0.690. The van der Waals surface area contributed by atoms with E-state index in [-0.39, 0.29) is 10.8 Å². The fraction of sp³-hybridized carbons (Fsp3) is 0.467. The first-order valence-corrected chi connectivity index (χ1v) is 9.25. The number of sulfonamides is 1. The van der Waals surface area contributed by atoms with Gasteiger partial charge in [0.2, 0.25) is 10.0 Å². The predicted molar refractivity (Wildman–Crippen MR) is 88.7 cm³/mol. The van der Waals surface area contributed by atoms with E-state index in [0.29, 0.717) is 5.57 Å². The minimum absolute atomic E-state index is 0.000822. The van der Waals surface area contributed by atoms with Crippen molar-refractivity contribution in [2.24, 2.45) is 5.92 Å². The van der Waals surface area contributed by atoms with Gasteiger partial charge in [0.15, 0.2) is 0 Å². The first-order chi connectivity index (χ1) is 9.83. The summed E-state index contributed by atoms with van der Waals surface area (Å²) in [5, 5.41) is 10.4. The fourth-order valence-corrected chi connectivity index (χ4v) is 3.58. The second-order valence-corrected chi connectivity index (χ2v) is 7.32. The van der Waals surface area contributed by atoms with Crippen LogP contribution in [-0.2, 0) is 10.0 Å². The lowest BCUT2D eigenvalue weighted by molar-refractivity contribution is 0.142. The van der Waals surface area contributed by atoms with Gasteiger partial charge in [0.05, 0.1) is 17.0 Å². The van der Waals surface area contributed by atoms with Crippen LogP contribution in [0.2, 0.25) is 0 Å². The van der Waals surface area contributed by atoms with Gasteiger partial charge in [0.1, 0.15) is 0 Å². The van der Waals surface area contributed by atoms with Crippen LogP contribution >= 0.6 is 15.9 Å². The van der Waals surface area contributed by atoms with E-state index in [2.05, 4.69) is 20.7 Å². The van der Waals surface area contributed by atoms with Crippen molar-refractivity contribution in [3.8, 4) is 0 Å². The third-order valence-electron chi connectivity index (χ3n) is 3.58. The van der Waals surface area contributed by atoms with E-state index >= 15 is 0 Å². The van der Waals surface area contributed by atoms with Crippen molar-refractivity contribution >= 4 is 26.0 Å². The summed E-state index contributed by atoms with van der Waals surface area (Å²) in [4.78, 5) is 1.81. The zero-order valence-corrected chi connectivity index (χ0v) is 14.9. The zero-order valence-electron chi connectivity index (χ0n) is 12.5. The smallest absolute Gasteiger partial charge is 0.240 e. The molecule has 3 atom stereocenters. The van der Waals surface area contributed by atoms with Gasteiger partial charge in [0.25, 0.3) is 0 Å². The predicted octanol–water partition coefficient (Wildman–Crippen LogP) is 3.04. The lowest BCUT2D eigenvalue weighted by Crippen LogP contribution is -2.47. The minimum atomic E-state index is -3.65. The average Bonchev–Trinajstić information content (AvgIpc) is 2.51. The Morgan fingerprint density at radius 1 is 1.38 bits per heavy atom. The molecular formula is C15H22BrNO3S. The van der Waals surface area contributed by atoms with E-state index in [4.69, 9.17) is 0 Å². The zero-order chi connectivity index (χ0) is 16.0. The standard InChI is InChI=1S/C15H22BrNO3S/c1-4-11(2)14(15(18)12(3)10-16)17-21(19,20)13-8-6-5-7-9-13/h5-11,14-15,17-18H,4H2,1-3H3/b12-10+/t11-,14-,15-/m0/s1. The molecule has 2 N–H and O–H groups in total. The minimum Gasteiger partial charge on any atom is -0.387 e. The van der Waals surface area contributed by atoms with Gasteiger partial charge in [-0.3, -0.25) is 0 Å². The lowest BCUT2D eigenvalue weighted by Gasteiger charge is -2.29. The van der Waals surface area contributed by atoms with E-state index in [1.165, 1.54) is 12.1 Å². The summed E-state index contributed by atoms with van der Waals surface area (Å²) < 4.78 is 27.5. The number of hydrogen-bond acceptors (Lipinski definition) is 3. The molecule has 6 heteroatoms. The van der Waals surface area contributed by atoms with Crippen molar-refractivity contribution in [1.82, 2.24) is 4.72 Å². The Morgan fingerprint density at radius 2 is 1.95 bits per heavy atom. The molecular weight excluding hydrogens is 354 g/mol. The van der Waals surface area contributed by atoms with Gasteiger partial charge in [-0.1, -0.05) is 54.4 Å². The van der Waals surface area contributed by atoms with Crippen molar-refractivity contribution < 1.29 is 13.5 Å². The second kappa shape index (κ2) is 8.08. The van der Waals surface area contributed by atoms with Crippen molar-refractivity contribution in [2.75, 3.05) is 0 Å². The Balaban J connectivity index is 3.07. The first kappa shape index (κ1) is 18.4. The molecule has 1 aromatic carbocycles. The molecule has 0 saturated carbocycles. The maximum atomic E-state index is 12.4. The van der Waals surface area contributed by atoms with E-state index in [1.54, 1.807) is 30.1 Å². The van der Waals surface area contributed by atoms with Gasteiger partial charge >= 0.3 is 0 Å². The lowest BCUT2D eigenvalue weighted by atomic mass is 9.92. The molecule has 1 rings (SSSR count). The van der Waals surface area contributed by atoms with E-state index in [1.807, 2.05) is 13.8 Å². The molecule has 0 unspecified atom stereocenters. The monoisotopic (exact) mass is 375 g/mol. The number of aliphatic hydroxyl groups is 1. The van der Waals surface area contributed by atoms with Gasteiger partial charge < -0.3 is 5.11 Å². The fourth-order valence-electron chi connectivity index (χ4n) is 1.94. The largest absolute Gasteiger partial charge is 0.387 e. The number of nitrogens with one attached hydrogen (secondary N) is 1. The molecule has 0 radical (unpaired) electrons. The van der Waals surface area contributed by atoms with E-state index in [0.717, 1.165) is 6.42 Å². The summed E-state index contributed by atoms with van der Waals surface area (Å²) in [5.74, 6) is 0.000822. The van der Waals surface area contributed by atoms with Crippen LogP contribution in [0.4, 0.5) is 0 Å². The van der Waals surface area contributed by atoms with Crippen LogP contribution in [0, 0.1) is 5.92 Å². The highest BCUT2D eigenvalue weighted by Crippen LogP contribution is 2.20. The van der Waals surface area contributed by atoms with Crippen molar-refractivity contribution in [1.29, 1.82) is 0 Å². The van der Waals surface area contributed by atoms with Crippen LogP contribution in [-0.4, -0.2) is 25.7 Å². The Bertz CT molecular complexity index is 572. The molecule has 0 aliphatic rings. The van der Waals surface area contributed by atoms with Gasteiger partial charge in [-0.25, -0.2) is 13.1 Å². The summed E-state index contributed by atoms with van der Waals surface area (Å²) in [6.45, 7) is 5.64. The molecule has 0 aromatic heterocycles. The van der Waals surface area contributed by atoms with Crippen LogP contribution < -0.4 is 4.72 Å². The van der Waals surface area contributed by atoms with Crippen molar-refractivity contribution in [3.05, 3.63) is 40.9 Å². The molecule has 4 nitrogen and oxygen atoms in total. The summed E-state index contributed by atoms with van der Waals surface area (Å²) in [6.07, 6.45) is -0.118. The maximum Gasteiger partial charge on any atom is 0.240 e. The topological polar surface area (TPSA) is 66.4 Å². The normalized spacial score (nSPS) is 17.3. The quantitative estimate of drug-likeness (QED) is 0.769. The van der Waals surface area contributed by atoms with Crippen LogP contribution in [0.3, 0.4) is 0 Å². The molecule has 0 fully saturated rings. The summed E-state index contributed by atoms with van der Waals surface area (Å²) in [6, 6.07) is 7.61. The second-order valence-electron chi connectivity index (χ2n) is 5.14. The maximum absolute atomic E-state index is 12.4. The van der Waals surface area contributed by atoms with Gasteiger partial charge in [0, 0.05) is 0 Å². The summed E-state index contributed by atoms with van der Waals surface area (Å²) in [5.41, 5.74) is 0.677. The van der Waals surface area contributed by atoms with Gasteiger partial charge in [-0.05, 0) is 35.5 Å². The summed E-state index contributed by atoms with van der Waals surface area (Å²) in [7, 11) is -3.65. The number of hydrogen-bond donors (Lipinski definition) is 2. The SMILES string of the molecule is CC[C@H](C)[C@H](NS(=O)(=O)c1ccccc1)[C@@H](O)/C(C)=C/Br. The highest BCUT2D eigenvalue weighted by atomic mass is 79.9. The Kier molecular flexibility index (Phi) is 7.06. The molecule has 1 aromatic rings. The molecule has 0 bridgehead atoms. The van der Waals surface area contributed by atoms with Gasteiger partial charge in [-0.2, -0.15) is 0 Å². The molecule has 0 spiro atoms. The molecule has 0 saturated heterocycles. The van der Waals surface area contributed by atoms with Crippen LogP contribution in [0.1, 0.15) is 27.2 Å². The van der Waals surface area contributed by atoms with Crippen LogP contribution in [0.25, 0.3) is 0 Å². The number of benzene rings is 1. The average molecular weight is 376 g/mol. The van der Waals surface area contributed by atoms with E-state index in [9.17, 15) is 13.5 Å². The molecule has 118 valence electrons. The third-order valence-corrected chi connectivity index (χ3v) is 5.78. The third kappa shape index (κ3) is 4.92. The Labute approximate surface area is 135 Å². The van der Waals surface area contributed by atoms with Crippen molar-refractivity contribution in [3.63, 3.8) is 0 Å². The van der Waals surface area contributed by atoms with Crippen molar-refractivity contribution in [2.45, 2.75) is 44.2 Å². The first-order valence-electron chi connectivity index (χ1n) is 6.85. The molecule has 21 heavy (non-hydrogen) atoms. The number of halogens is 1. The van der Waals surface area contributed by atoms with Crippen LogP contribution in [0.5, 0.6) is 0 Å². The number of aliphatic hydroxyl groups excluding tert-OH is 1. The molecule has 0 amide bonds. The van der Waals surface area contributed by atoms with Crippen LogP contribution in [0.15, 0.2) is 45.8 Å². The summed E-state index contributed by atoms with van der Waals surface area (Å²) >= 11 is 3.18. The Morgan fingerprint density at radius 3 is 2.43 bits per heavy atom. The van der Waals surface area contributed by atoms with Gasteiger partial charge in [-0.15, -0.1) is 0 Å². The molecule has 0 heterocycles.